The molecule has 13 heavy (non-hydrogen) atoms. The van der Waals surface area contributed by atoms with Gasteiger partial charge in [-0.2, -0.15) is 0 Å². The second-order valence-electron chi connectivity index (χ2n) is 5.42. The topological polar surface area (TPSA) is 20.2 Å². The predicted octanol–water partition coefficient (Wildman–Crippen LogP) is 2.90. The standard InChI is InChI=1S/C11H22OSi/c1-9-5-6-10(8-12)11(7-9)13(2,3)4/h5-6,9-12H,7-8H2,1-4H3/t9-,10-,11?/m1/s1. The first-order valence-electron chi connectivity index (χ1n) is 5.24. The zero-order chi connectivity index (χ0) is 10.1. The molecule has 1 aliphatic rings. The largest absolute Gasteiger partial charge is 0.396 e. The summed E-state index contributed by atoms with van der Waals surface area (Å²) in [4.78, 5) is 0. The summed E-state index contributed by atoms with van der Waals surface area (Å²) in [5, 5.41) is 9.28. The normalized spacial score (nSPS) is 35.0. The van der Waals surface area contributed by atoms with E-state index < -0.39 is 8.07 Å². The highest BCUT2D eigenvalue weighted by molar-refractivity contribution is 6.77. The quantitative estimate of drug-likeness (QED) is 0.534. The van der Waals surface area contributed by atoms with Gasteiger partial charge in [-0.3, -0.25) is 0 Å². The van der Waals surface area contributed by atoms with Crippen molar-refractivity contribution < 1.29 is 5.11 Å². The minimum Gasteiger partial charge on any atom is -0.396 e. The number of hydrogen-bond donors (Lipinski definition) is 1. The van der Waals surface area contributed by atoms with Crippen molar-refractivity contribution in [3.63, 3.8) is 0 Å². The van der Waals surface area contributed by atoms with Gasteiger partial charge in [-0.1, -0.05) is 38.7 Å². The van der Waals surface area contributed by atoms with Gasteiger partial charge in [0, 0.05) is 20.6 Å². The summed E-state index contributed by atoms with van der Waals surface area (Å²) < 4.78 is 0. The van der Waals surface area contributed by atoms with Crippen molar-refractivity contribution in [1.82, 2.24) is 0 Å². The van der Waals surface area contributed by atoms with Gasteiger partial charge in [0.25, 0.3) is 0 Å². The first-order chi connectivity index (χ1) is 5.95. The van der Waals surface area contributed by atoms with Crippen LogP contribution in [0.3, 0.4) is 0 Å². The Hall–Kier alpha value is -0.0831. The minimum atomic E-state index is -1.09. The van der Waals surface area contributed by atoms with Crippen molar-refractivity contribution in [2.24, 2.45) is 11.8 Å². The van der Waals surface area contributed by atoms with E-state index in [2.05, 4.69) is 38.7 Å². The van der Waals surface area contributed by atoms with E-state index in [-0.39, 0.29) is 0 Å². The third-order valence-electron chi connectivity index (χ3n) is 3.15. The molecule has 1 unspecified atom stereocenters. The lowest BCUT2D eigenvalue weighted by Crippen LogP contribution is -2.36. The van der Waals surface area contributed by atoms with Crippen LogP contribution in [0.1, 0.15) is 13.3 Å². The van der Waals surface area contributed by atoms with Gasteiger partial charge in [0.05, 0.1) is 0 Å². The highest BCUT2D eigenvalue weighted by atomic mass is 28.3. The van der Waals surface area contributed by atoms with Crippen LogP contribution >= 0.6 is 0 Å². The molecule has 0 saturated carbocycles. The molecule has 1 nitrogen and oxygen atoms in total. The highest BCUT2D eigenvalue weighted by Crippen LogP contribution is 2.40. The zero-order valence-electron chi connectivity index (χ0n) is 9.25. The van der Waals surface area contributed by atoms with Crippen molar-refractivity contribution in [1.29, 1.82) is 0 Å². The van der Waals surface area contributed by atoms with Gasteiger partial charge in [-0.05, 0) is 17.9 Å². The maximum atomic E-state index is 9.28. The van der Waals surface area contributed by atoms with E-state index in [1.807, 2.05) is 0 Å². The van der Waals surface area contributed by atoms with Crippen LogP contribution in [0.4, 0.5) is 0 Å². The summed E-state index contributed by atoms with van der Waals surface area (Å²) in [6, 6.07) is 0. The lowest BCUT2D eigenvalue weighted by Gasteiger charge is -2.37. The molecular weight excluding hydrogens is 176 g/mol. The average Bonchev–Trinajstić information content (AvgIpc) is 2.03. The summed E-state index contributed by atoms with van der Waals surface area (Å²) in [7, 11) is -1.09. The van der Waals surface area contributed by atoms with Gasteiger partial charge < -0.3 is 5.11 Å². The molecule has 0 aromatic heterocycles. The molecule has 0 amide bonds. The molecule has 0 aromatic rings. The van der Waals surface area contributed by atoms with Crippen LogP contribution in [0, 0.1) is 11.8 Å². The van der Waals surface area contributed by atoms with Gasteiger partial charge in [-0.15, -0.1) is 0 Å². The van der Waals surface area contributed by atoms with Crippen LogP contribution in [0.25, 0.3) is 0 Å². The van der Waals surface area contributed by atoms with Crippen molar-refractivity contribution in [2.75, 3.05) is 6.61 Å². The van der Waals surface area contributed by atoms with E-state index in [4.69, 9.17) is 0 Å². The van der Waals surface area contributed by atoms with Gasteiger partial charge in [-0.25, -0.2) is 0 Å². The van der Waals surface area contributed by atoms with Crippen molar-refractivity contribution in [3.05, 3.63) is 12.2 Å². The van der Waals surface area contributed by atoms with Crippen molar-refractivity contribution in [2.45, 2.75) is 38.5 Å². The molecule has 0 spiro atoms. The molecule has 1 N–H and O–H groups in total. The van der Waals surface area contributed by atoms with E-state index in [0.717, 1.165) is 5.54 Å². The Morgan fingerprint density at radius 2 is 1.92 bits per heavy atom. The lowest BCUT2D eigenvalue weighted by atomic mass is 9.89. The van der Waals surface area contributed by atoms with Crippen LogP contribution in [0.15, 0.2) is 12.2 Å². The molecule has 0 radical (unpaired) electrons. The SMILES string of the molecule is C[C@@H]1C=C[C@H](CO)C([Si](C)(C)C)C1. The second-order valence-corrected chi connectivity index (χ2v) is 10.9. The molecule has 0 bridgehead atoms. The minimum absolute atomic E-state index is 0.332. The smallest absolute Gasteiger partial charge is 0.0493 e. The van der Waals surface area contributed by atoms with Gasteiger partial charge in [0.15, 0.2) is 0 Å². The molecule has 3 atom stereocenters. The molecule has 1 aliphatic carbocycles. The molecule has 0 saturated heterocycles. The van der Waals surface area contributed by atoms with Crippen LogP contribution in [0.5, 0.6) is 0 Å². The van der Waals surface area contributed by atoms with E-state index in [9.17, 15) is 5.11 Å². The first-order valence-corrected chi connectivity index (χ1v) is 8.82. The third kappa shape index (κ3) is 2.68. The van der Waals surface area contributed by atoms with E-state index >= 15 is 0 Å². The Morgan fingerprint density at radius 3 is 2.38 bits per heavy atom. The molecule has 2 heteroatoms. The number of hydrogen-bond acceptors (Lipinski definition) is 1. The first kappa shape index (κ1) is 11.0. The Morgan fingerprint density at radius 1 is 1.31 bits per heavy atom. The maximum absolute atomic E-state index is 9.28. The fourth-order valence-corrected chi connectivity index (χ4v) is 4.88. The summed E-state index contributed by atoms with van der Waals surface area (Å²) in [5.41, 5.74) is 0.762. The zero-order valence-corrected chi connectivity index (χ0v) is 10.2. The van der Waals surface area contributed by atoms with Gasteiger partial charge in [0.1, 0.15) is 0 Å². The summed E-state index contributed by atoms with van der Waals surface area (Å²) in [6.45, 7) is 9.83. The van der Waals surface area contributed by atoms with Crippen LogP contribution < -0.4 is 0 Å². The second kappa shape index (κ2) is 3.97. The van der Waals surface area contributed by atoms with Crippen molar-refractivity contribution >= 4 is 8.07 Å². The number of rotatable bonds is 2. The highest BCUT2D eigenvalue weighted by Gasteiger charge is 2.34. The predicted molar refractivity (Wildman–Crippen MR) is 60.6 cm³/mol. The van der Waals surface area contributed by atoms with Gasteiger partial charge >= 0.3 is 0 Å². The molecule has 0 aromatic carbocycles. The van der Waals surface area contributed by atoms with Crippen LogP contribution in [-0.4, -0.2) is 19.8 Å². The number of aliphatic hydroxyl groups excluding tert-OH is 1. The molecule has 0 heterocycles. The Kier molecular flexibility index (Phi) is 3.36. The molecule has 1 rings (SSSR count). The fraction of sp³-hybridized carbons (Fsp3) is 0.818. The molecule has 0 fully saturated rings. The third-order valence-corrected chi connectivity index (χ3v) is 6.04. The number of allylic oxidation sites excluding steroid dienone is 1. The average molecular weight is 198 g/mol. The van der Waals surface area contributed by atoms with E-state index in [0.29, 0.717) is 18.4 Å². The summed E-state index contributed by atoms with van der Waals surface area (Å²) in [6.07, 6.45) is 5.77. The molecular formula is C11H22OSi. The molecule has 76 valence electrons. The number of aliphatic hydroxyl groups is 1. The summed E-state index contributed by atoms with van der Waals surface area (Å²) in [5.74, 6) is 1.14. The van der Waals surface area contributed by atoms with Crippen LogP contribution in [0.2, 0.25) is 25.2 Å². The monoisotopic (exact) mass is 198 g/mol. The summed E-state index contributed by atoms with van der Waals surface area (Å²) >= 11 is 0. The lowest BCUT2D eigenvalue weighted by molar-refractivity contribution is 0.234. The van der Waals surface area contributed by atoms with E-state index in [1.165, 1.54) is 6.42 Å². The van der Waals surface area contributed by atoms with Crippen molar-refractivity contribution in [3.8, 4) is 0 Å². The van der Waals surface area contributed by atoms with Crippen LogP contribution in [-0.2, 0) is 0 Å². The Bertz CT molecular complexity index is 193. The maximum Gasteiger partial charge on any atom is 0.0493 e. The van der Waals surface area contributed by atoms with Gasteiger partial charge in [0.2, 0.25) is 0 Å². The molecule has 0 aliphatic heterocycles. The van der Waals surface area contributed by atoms with E-state index in [1.54, 1.807) is 0 Å². The Labute approximate surface area is 82.9 Å². The Balaban J connectivity index is 2.77. The fourth-order valence-electron chi connectivity index (χ4n) is 2.30.